The number of hydrogen-bond acceptors (Lipinski definition) is 4. The van der Waals surface area contributed by atoms with Crippen LogP contribution < -0.4 is 0 Å². The van der Waals surface area contributed by atoms with Gasteiger partial charge in [-0.25, -0.2) is 0 Å². The van der Waals surface area contributed by atoms with Crippen molar-refractivity contribution in [3.05, 3.63) is 35.4 Å². The first-order chi connectivity index (χ1) is 14.0. The highest BCUT2D eigenvalue weighted by Crippen LogP contribution is 2.41. The molecule has 0 aliphatic carbocycles. The minimum atomic E-state index is -2.14. The Balaban J connectivity index is 2.33. The zero-order valence-electron chi connectivity index (χ0n) is 21.6. The summed E-state index contributed by atoms with van der Waals surface area (Å²) < 4.78 is 19.7. The number of benzene rings is 1. The van der Waals surface area contributed by atoms with Gasteiger partial charge in [0.1, 0.15) is 12.2 Å². The molecule has 1 fully saturated rings. The summed E-state index contributed by atoms with van der Waals surface area (Å²) >= 11 is 0. The van der Waals surface area contributed by atoms with E-state index >= 15 is 0 Å². The van der Waals surface area contributed by atoms with Gasteiger partial charge in [-0.3, -0.25) is 4.79 Å². The minimum absolute atomic E-state index is 0.0188. The minimum Gasteiger partial charge on any atom is -0.414 e. The van der Waals surface area contributed by atoms with Crippen LogP contribution in [0.5, 0.6) is 0 Å². The molecule has 1 heterocycles. The zero-order chi connectivity index (χ0) is 23.8. The number of ether oxygens (including phenoxy) is 1. The third-order valence-corrected chi connectivity index (χ3v) is 16.5. The molecule has 1 aliphatic heterocycles. The van der Waals surface area contributed by atoms with E-state index in [9.17, 15) is 4.79 Å². The van der Waals surface area contributed by atoms with Gasteiger partial charge in [0.05, 0.1) is 12.7 Å². The van der Waals surface area contributed by atoms with Crippen LogP contribution in [0.25, 0.3) is 0 Å². The summed E-state index contributed by atoms with van der Waals surface area (Å²) in [4.78, 5) is 13.4. The molecule has 2 rings (SSSR count). The zero-order valence-corrected chi connectivity index (χ0v) is 23.6. The largest absolute Gasteiger partial charge is 0.414 e. The van der Waals surface area contributed by atoms with Gasteiger partial charge in [-0.2, -0.15) is 0 Å². The summed E-state index contributed by atoms with van der Waals surface area (Å²) in [6.07, 6.45) is -0.859. The monoisotopic (exact) mass is 464 g/mol. The Morgan fingerprint density at radius 2 is 1.52 bits per heavy atom. The molecule has 1 aromatic rings. The van der Waals surface area contributed by atoms with Crippen molar-refractivity contribution in [3.63, 3.8) is 0 Å². The van der Waals surface area contributed by atoms with Gasteiger partial charge < -0.3 is 13.6 Å². The lowest BCUT2D eigenvalue weighted by Gasteiger charge is -2.45. The van der Waals surface area contributed by atoms with E-state index in [1.54, 1.807) is 0 Å². The summed E-state index contributed by atoms with van der Waals surface area (Å²) in [6, 6.07) is 8.16. The molecule has 176 valence electrons. The van der Waals surface area contributed by atoms with E-state index in [0.717, 1.165) is 11.1 Å². The van der Waals surface area contributed by atoms with Crippen molar-refractivity contribution in [1.82, 2.24) is 0 Å². The molecule has 0 saturated carbocycles. The predicted molar refractivity (Wildman–Crippen MR) is 134 cm³/mol. The van der Waals surface area contributed by atoms with Crippen LogP contribution in [0, 0.1) is 6.92 Å². The highest BCUT2D eigenvalue weighted by molar-refractivity contribution is 6.74. The fraction of sp³-hybridized carbons (Fsp3) is 0.720. The molecule has 0 N–H and O–H groups in total. The number of hydrogen-bond donors (Lipinski definition) is 0. The van der Waals surface area contributed by atoms with Crippen molar-refractivity contribution < 1.29 is 18.4 Å². The Hall–Kier alpha value is -0.796. The van der Waals surface area contributed by atoms with Crippen LogP contribution in [-0.2, 0) is 18.4 Å². The van der Waals surface area contributed by atoms with E-state index in [4.69, 9.17) is 13.6 Å². The normalized spacial score (nSPS) is 23.8. The summed E-state index contributed by atoms with van der Waals surface area (Å²) in [7, 11) is -4.13. The lowest BCUT2D eigenvalue weighted by atomic mass is 9.93. The summed E-state index contributed by atoms with van der Waals surface area (Å²) in [6.45, 7) is 24.6. The van der Waals surface area contributed by atoms with Crippen LogP contribution in [0.3, 0.4) is 0 Å². The molecule has 1 saturated heterocycles. The molecule has 3 atom stereocenters. The van der Waals surface area contributed by atoms with Crippen LogP contribution in [-0.4, -0.2) is 41.2 Å². The lowest BCUT2D eigenvalue weighted by Crippen LogP contribution is -2.55. The predicted octanol–water partition coefficient (Wildman–Crippen LogP) is 6.81. The van der Waals surface area contributed by atoms with E-state index in [0.29, 0.717) is 13.0 Å². The highest BCUT2D eigenvalue weighted by Gasteiger charge is 2.47. The van der Waals surface area contributed by atoms with Crippen LogP contribution >= 0.6 is 0 Å². The topological polar surface area (TPSA) is 44.8 Å². The number of aryl methyl sites for hydroxylation is 1. The first kappa shape index (κ1) is 26.5. The van der Waals surface area contributed by atoms with E-state index in [2.05, 4.69) is 86.8 Å². The summed E-state index contributed by atoms with van der Waals surface area (Å²) in [5, 5.41) is 0.113. The maximum absolute atomic E-state index is 13.4. The molecule has 0 spiro atoms. The summed E-state index contributed by atoms with van der Waals surface area (Å²) in [5.41, 5.74) is 2.23. The van der Waals surface area contributed by atoms with Gasteiger partial charge in [-0.15, -0.1) is 0 Å². The molecular formula is C25H44O4Si2. The van der Waals surface area contributed by atoms with E-state index in [-0.39, 0.29) is 22.0 Å². The van der Waals surface area contributed by atoms with E-state index < -0.39 is 28.8 Å². The number of Topliss-reactive ketones (excluding diaryl/α,β-unsaturated/α-hetero) is 1. The molecular weight excluding hydrogens is 420 g/mol. The van der Waals surface area contributed by atoms with Crippen molar-refractivity contribution >= 4 is 22.4 Å². The van der Waals surface area contributed by atoms with Crippen LogP contribution in [0.15, 0.2) is 24.3 Å². The highest BCUT2D eigenvalue weighted by atomic mass is 28.4. The molecule has 1 aromatic carbocycles. The molecule has 0 unspecified atom stereocenters. The van der Waals surface area contributed by atoms with Gasteiger partial charge in [0.25, 0.3) is 0 Å². The maximum Gasteiger partial charge on any atom is 0.193 e. The number of carbonyl (C=O) groups is 1. The Kier molecular flexibility index (Phi) is 7.87. The van der Waals surface area contributed by atoms with Gasteiger partial charge in [0.15, 0.2) is 22.4 Å². The molecule has 0 radical (unpaired) electrons. The number of ketones is 1. The van der Waals surface area contributed by atoms with Crippen molar-refractivity contribution in [1.29, 1.82) is 0 Å². The van der Waals surface area contributed by atoms with Crippen molar-refractivity contribution in [2.24, 2.45) is 0 Å². The van der Waals surface area contributed by atoms with Gasteiger partial charge in [-0.1, -0.05) is 65.8 Å². The van der Waals surface area contributed by atoms with E-state index in [1.165, 1.54) is 0 Å². The molecule has 6 heteroatoms. The fourth-order valence-electron chi connectivity index (χ4n) is 3.24. The van der Waals surface area contributed by atoms with Gasteiger partial charge >= 0.3 is 0 Å². The van der Waals surface area contributed by atoms with Gasteiger partial charge in [0.2, 0.25) is 0 Å². The van der Waals surface area contributed by atoms with Crippen molar-refractivity contribution in [3.8, 4) is 0 Å². The van der Waals surface area contributed by atoms with Crippen LogP contribution in [0.1, 0.15) is 65.2 Å². The van der Waals surface area contributed by atoms with Crippen LogP contribution in [0.2, 0.25) is 36.3 Å². The van der Waals surface area contributed by atoms with Gasteiger partial charge in [-0.05, 0) is 54.3 Å². The Bertz CT molecular complexity index is 774. The molecule has 4 nitrogen and oxygen atoms in total. The molecule has 0 bridgehead atoms. The summed E-state index contributed by atoms with van der Waals surface area (Å²) in [5.74, 6) is 0.133. The quantitative estimate of drug-likeness (QED) is 0.434. The second kappa shape index (κ2) is 9.22. The third-order valence-electron chi connectivity index (χ3n) is 7.56. The molecule has 31 heavy (non-hydrogen) atoms. The molecule has 0 amide bonds. The molecule has 0 aromatic heterocycles. The second-order valence-electron chi connectivity index (χ2n) is 12.1. The Morgan fingerprint density at radius 1 is 0.968 bits per heavy atom. The lowest BCUT2D eigenvalue weighted by molar-refractivity contribution is -0.161. The SMILES string of the molecule is Cc1ccccc1[C@@H]1CC(=O)[C@H](O[Si](C)(C)C(C)(C)C)[C@@H](CO[Si](C)(C)C(C)(C)C)O1. The van der Waals surface area contributed by atoms with Crippen molar-refractivity contribution in [2.45, 2.75) is 109 Å². The van der Waals surface area contributed by atoms with Crippen LogP contribution in [0.4, 0.5) is 0 Å². The fourth-order valence-corrected chi connectivity index (χ4v) is 5.52. The Morgan fingerprint density at radius 3 is 2.03 bits per heavy atom. The Labute approximate surface area is 192 Å². The first-order valence-electron chi connectivity index (χ1n) is 11.5. The number of carbonyl (C=O) groups excluding carboxylic acids is 1. The molecule has 1 aliphatic rings. The standard InChI is InChI=1S/C25H44O4Si2/c1-18-14-12-13-15-19(18)21-16-20(26)23(29-31(10,11)25(5,6)7)22(28-21)17-27-30(8,9)24(2,3)4/h12-15,21-23H,16-17H2,1-11H3/t21-,22+,23-/m0/s1. The number of rotatable bonds is 6. The maximum atomic E-state index is 13.4. The average Bonchev–Trinajstić information content (AvgIpc) is 2.60. The van der Waals surface area contributed by atoms with Crippen molar-refractivity contribution in [2.75, 3.05) is 6.61 Å². The smallest absolute Gasteiger partial charge is 0.193 e. The van der Waals surface area contributed by atoms with Gasteiger partial charge in [0, 0.05) is 6.42 Å². The first-order valence-corrected chi connectivity index (χ1v) is 17.3. The third kappa shape index (κ3) is 6.17. The van der Waals surface area contributed by atoms with E-state index in [1.807, 2.05) is 12.1 Å². The second-order valence-corrected chi connectivity index (χ2v) is 21.6. The average molecular weight is 465 g/mol.